The van der Waals surface area contributed by atoms with Gasteiger partial charge in [0.15, 0.2) is 12.6 Å². The van der Waals surface area contributed by atoms with E-state index in [9.17, 15) is 19.2 Å². The zero-order valence-corrected chi connectivity index (χ0v) is 26.1. The third-order valence-electron chi connectivity index (χ3n) is 7.65. The molecule has 5 rings (SSSR count). The van der Waals surface area contributed by atoms with E-state index < -0.39 is 29.4 Å². The molecule has 9 nitrogen and oxygen atoms in total. The smallest absolute Gasteiger partial charge is 0.356 e. The Bertz CT molecular complexity index is 1570. The third kappa shape index (κ3) is 7.71. The molecule has 0 aliphatic carbocycles. The van der Waals surface area contributed by atoms with E-state index in [1.54, 1.807) is 0 Å². The van der Waals surface area contributed by atoms with E-state index in [0.29, 0.717) is 22.4 Å². The zero-order chi connectivity index (χ0) is 32.0. The van der Waals surface area contributed by atoms with Gasteiger partial charge in [0.2, 0.25) is 5.91 Å². The van der Waals surface area contributed by atoms with Crippen LogP contribution in [0.3, 0.4) is 0 Å². The largest absolute Gasteiger partial charge is 0.448 e. The number of hydrogen-bond donors (Lipinski definition) is 2. The van der Waals surface area contributed by atoms with Gasteiger partial charge in [0.05, 0.1) is 27.1 Å². The maximum absolute atomic E-state index is 14.1. The fourth-order valence-electron chi connectivity index (χ4n) is 5.48. The highest BCUT2D eigenvalue weighted by Crippen LogP contribution is 2.42. The molecule has 2 heterocycles. The van der Waals surface area contributed by atoms with Crippen LogP contribution in [0.2, 0.25) is 0 Å². The molecule has 232 valence electrons. The van der Waals surface area contributed by atoms with Crippen LogP contribution in [-0.2, 0) is 30.3 Å². The number of β-lactam (4-membered cyclic amide) rings is 1. The van der Waals surface area contributed by atoms with E-state index in [1.807, 2.05) is 117 Å². The van der Waals surface area contributed by atoms with Gasteiger partial charge in [-0.05, 0) is 28.3 Å². The summed E-state index contributed by atoms with van der Waals surface area (Å²) in [6, 6.07) is 27.5. The number of quaternary nitrogens is 1. The molecule has 3 aromatic rings. The Morgan fingerprint density at radius 3 is 2.13 bits per heavy atom. The molecule has 0 bridgehead atoms. The molecule has 0 aromatic heterocycles. The van der Waals surface area contributed by atoms with Gasteiger partial charge in [-0.3, -0.25) is 19.3 Å². The number of benzene rings is 3. The number of nitrogens with zero attached hydrogens (tertiary/aromatic N) is 2. The molecule has 0 unspecified atom stereocenters. The lowest BCUT2D eigenvalue weighted by Gasteiger charge is -2.49. The highest BCUT2D eigenvalue weighted by atomic mass is 32.2. The number of primary amides is 1. The van der Waals surface area contributed by atoms with Crippen LogP contribution in [0, 0.1) is 0 Å². The number of carbonyl (C=O) groups excluding carboxylic acids is 4. The molecule has 3 amide bonds. The minimum atomic E-state index is -0.759. The topological polar surface area (TPSA) is 119 Å². The number of carbonyl (C=O) groups is 4. The van der Waals surface area contributed by atoms with Crippen LogP contribution in [0.15, 0.2) is 114 Å². The summed E-state index contributed by atoms with van der Waals surface area (Å²) >= 11 is 1.48. The first-order valence-electron chi connectivity index (χ1n) is 14.7. The molecular weight excluding hydrogens is 588 g/mol. The molecular formula is C35H37N4O5S+. The number of amides is 3. The summed E-state index contributed by atoms with van der Waals surface area (Å²) in [6.45, 7) is 0.631. The predicted octanol–water partition coefficient (Wildman–Crippen LogP) is 3.33. The van der Waals surface area contributed by atoms with E-state index in [2.05, 4.69) is 5.32 Å². The standard InChI is InChI=1S/C35H36N4O5S/c1-39(2,22-28(36)40)20-12-19-27-23-45-34-30(37-29(41)21-24-13-6-3-7-14-24)33(42)38(34)31(27)35(43)44-32(25-15-8-4-9-16-25)26-17-10-5-11-18-26/h3-19,30,32,34H,20-23H2,1-2H3,(H2-,36,37,40,41)/p+1/t30-,34+/m1/s1. The van der Waals surface area contributed by atoms with Crippen LogP contribution in [0.25, 0.3) is 0 Å². The fraction of sp³-hybridized carbons (Fsp3) is 0.257. The summed E-state index contributed by atoms with van der Waals surface area (Å²) in [6.07, 6.45) is 3.14. The van der Waals surface area contributed by atoms with E-state index in [-0.39, 0.29) is 30.5 Å². The lowest BCUT2D eigenvalue weighted by molar-refractivity contribution is -0.876. The van der Waals surface area contributed by atoms with Crippen LogP contribution < -0.4 is 11.1 Å². The van der Waals surface area contributed by atoms with Crippen molar-refractivity contribution in [3.05, 3.63) is 131 Å². The lowest BCUT2D eigenvalue weighted by atomic mass is 10.00. The minimum absolute atomic E-state index is 0.149. The van der Waals surface area contributed by atoms with Gasteiger partial charge in [-0.15, -0.1) is 11.8 Å². The van der Waals surface area contributed by atoms with Crippen LogP contribution in [0.1, 0.15) is 22.8 Å². The van der Waals surface area contributed by atoms with Crippen LogP contribution in [0.4, 0.5) is 0 Å². The highest BCUT2D eigenvalue weighted by molar-refractivity contribution is 8.00. The highest BCUT2D eigenvalue weighted by Gasteiger charge is 2.54. The number of fused-ring (bicyclic) bond motifs is 1. The van der Waals surface area contributed by atoms with Gasteiger partial charge in [0.25, 0.3) is 11.8 Å². The van der Waals surface area contributed by atoms with E-state index >= 15 is 0 Å². The van der Waals surface area contributed by atoms with Crippen molar-refractivity contribution in [2.45, 2.75) is 23.9 Å². The number of nitrogens with two attached hydrogens (primary N) is 1. The van der Waals surface area contributed by atoms with Crippen molar-refractivity contribution in [3.63, 3.8) is 0 Å². The first-order valence-corrected chi connectivity index (χ1v) is 15.8. The van der Waals surface area contributed by atoms with Gasteiger partial charge >= 0.3 is 5.97 Å². The number of hydrogen-bond acceptors (Lipinski definition) is 6. The lowest BCUT2D eigenvalue weighted by Crippen LogP contribution is -2.70. The summed E-state index contributed by atoms with van der Waals surface area (Å²) in [5, 5.41) is 2.42. The molecule has 0 radical (unpaired) electrons. The predicted molar refractivity (Wildman–Crippen MR) is 173 cm³/mol. The second kappa shape index (κ2) is 14.0. The molecule has 0 saturated carbocycles. The molecule has 3 N–H and O–H groups in total. The normalized spacial score (nSPS) is 18.0. The Morgan fingerprint density at radius 2 is 1.56 bits per heavy atom. The van der Waals surface area contributed by atoms with Crippen LogP contribution in [0.5, 0.6) is 0 Å². The Balaban J connectivity index is 1.42. The number of esters is 1. The van der Waals surface area contributed by atoms with Gasteiger partial charge in [-0.1, -0.05) is 97.1 Å². The monoisotopic (exact) mass is 625 g/mol. The van der Waals surface area contributed by atoms with Gasteiger partial charge in [0.1, 0.15) is 17.1 Å². The molecule has 1 fully saturated rings. The molecule has 1 saturated heterocycles. The van der Waals surface area contributed by atoms with Crippen molar-refractivity contribution in [2.24, 2.45) is 5.73 Å². The number of likely N-dealkylation sites (N-methyl/N-ethyl adjacent to an activating group) is 1. The van der Waals surface area contributed by atoms with E-state index in [1.165, 1.54) is 16.7 Å². The van der Waals surface area contributed by atoms with Gasteiger partial charge in [-0.25, -0.2) is 4.79 Å². The zero-order valence-electron chi connectivity index (χ0n) is 25.3. The Kier molecular flexibility index (Phi) is 9.85. The van der Waals surface area contributed by atoms with Crippen molar-refractivity contribution in [2.75, 3.05) is 32.9 Å². The van der Waals surface area contributed by atoms with Gasteiger partial charge in [0, 0.05) is 5.75 Å². The van der Waals surface area contributed by atoms with E-state index in [0.717, 1.165) is 16.7 Å². The van der Waals surface area contributed by atoms with Gasteiger partial charge in [-0.2, -0.15) is 0 Å². The molecule has 3 aromatic carbocycles. The van der Waals surface area contributed by atoms with Crippen LogP contribution in [-0.4, -0.2) is 77.4 Å². The summed E-state index contributed by atoms with van der Waals surface area (Å²) < 4.78 is 6.53. The maximum Gasteiger partial charge on any atom is 0.356 e. The number of thioether (sulfide) groups is 1. The summed E-state index contributed by atoms with van der Waals surface area (Å²) in [4.78, 5) is 53.5. The number of allylic oxidation sites excluding steroid dienone is 1. The second-order valence-electron chi connectivity index (χ2n) is 11.7. The number of rotatable bonds is 12. The average molecular weight is 626 g/mol. The maximum atomic E-state index is 14.1. The molecule has 2 aliphatic rings. The Morgan fingerprint density at radius 1 is 0.978 bits per heavy atom. The SMILES string of the molecule is C[N+](C)(CC=CC1=C(C(=O)OC(c2ccccc2)c2ccccc2)N2C(=O)[C@@H](NC(=O)Cc3ccccc3)[C@@H]2SC1)CC(N)=O. The van der Waals surface area contributed by atoms with Crippen molar-refractivity contribution >= 4 is 35.5 Å². The minimum Gasteiger partial charge on any atom is -0.448 e. The number of nitrogens with one attached hydrogen (secondary N) is 1. The third-order valence-corrected chi connectivity index (χ3v) is 8.95. The molecule has 10 heteroatoms. The number of ether oxygens (including phenoxy) is 1. The summed E-state index contributed by atoms with van der Waals surface area (Å²) in [7, 11) is 3.77. The first kappa shape index (κ1) is 31.7. The van der Waals surface area contributed by atoms with Crippen LogP contribution >= 0.6 is 11.8 Å². The summed E-state index contributed by atoms with van der Waals surface area (Å²) in [5.74, 6) is -1.25. The molecule has 2 atom stereocenters. The molecule has 45 heavy (non-hydrogen) atoms. The van der Waals surface area contributed by atoms with Crippen molar-refractivity contribution in [1.29, 1.82) is 0 Å². The second-order valence-corrected chi connectivity index (χ2v) is 12.8. The van der Waals surface area contributed by atoms with Crippen molar-refractivity contribution in [1.82, 2.24) is 10.2 Å². The average Bonchev–Trinajstić information content (AvgIpc) is 3.02. The Labute approximate surface area is 267 Å². The van der Waals surface area contributed by atoms with Crippen molar-refractivity contribution < 1.29 is 28.4 Å². The quantitative estimate of drug-likeness (QED) is 0.181. The van der Waals surface area contributed by atoms with Crippen molar-refractivity contribution in [3.8, 4) is 0 Å². The molecule has 0 spiro atoms. The molecule has 2 aliphatic heterocycles. The van der Waals surface area contributed by atoms with E-state index in [4.69, 9.17) is 10.5 Å². The summed E-state index contributed by atoms with van der Waals surface area (Å²) in [5.41, 5.74) is 8.64. The fourth-order valence-corrected chi connectivity index (χ4v) is 6.80. The first-order chi connectivity index (χ1) is 21.6. The van der Waals surface area contributed by atoms with Gasteiger partial charge < -0.3 is 20.3 Å². The Hall–Kier alpha value is -4.67.